The van der Waals surface area contributed by atoms with E-state index in [9.17, 15) is 0 Å². The van der Waals surface area contributed by atoms with E-state index in [-0.39, 0.29) is 64.4 Å². The fourth-order valence-corrected chi connectivity index (χ4v) is 20.3. The Labute approximate surface area is 566 Å². The van der Waals surface area contributed by atoms with Gasteiger partial charge in [-0.05, 0) is 204 Å². The molecular formula is C88H48CuN8. The molecule has 9 heteroatoms. The first-order valence-electron chi connectivity index (χ1n) is 33.7. The molecule has 12 aliphatic carbocycles. The summed E-state index contributed by atoms with van der Waals surface area (Å²) in [5, 5.41) is 3.69. The average Bonchev–Trinajstić information content (AvgIpc) is 1.67. The Kier molecular flexibility index (Phi) is 9.68. The topological polar surface area (TPSA) is 106 Å². The van der Waals surface area contributed by atoms with E-state index < -0.39 is 0 Å². The molecular weight excluding hydrogens is 1230 g/mol. The van der Waals surface area contributed by atoms with Crippen molar-refractivity contribution in [3.05, 3.63) is 376 Å². The monoisotopic (exact) mass is 1280 g/mol. The number of aromatic nitrogens is 8. The second kappa shape index (κ2) is 18.1. The standard InChI is InChI=1S/C88H48N8.Cu/c1-2-18-42-41(17-1)73-43-19-3-4-20-44(43)74(42)58-34-66-65(33-57(58)73)81-89-82(66)94-84-69-37-61-62(78-51-27-11-9-25-49(51)77(61)50-26-10-12-28-52(50)78)38-70(69)86(91-84)96-88-72-40-64-63(79-53-29-13-15-31-55(53)80(64)56-32-16-14-30-54(56)79)39-71(72)87(92-88)95-85-68-36-60-59(35-67(68)83(90-85)93-81)75-45-21-5-7-23-47(45)76(60)48-24-8-6-22-46(48)75;/h1-40,73-80H;/q-2;+2. The molecule has 0 amide bonds. The van der Waals surface area contributed by atoms with E-state index in [0.29, 0.717) is 45.9 Å². The van der Waals surface area contributed by atoms with Gasteiger partial charge >= 0.3 is 17.1 Å². The Hall–Kier alpha value is -11.5. The van der Waals surface area contributed by atoms with E-state index in [1.807, 2.05) is 0 Å². The Morgan fingerprint density at radius 2 is 0.320 bits per heavy atom. The third kappa shape index (κ3) is 6.37. The van der Waals surface area contributed by atoms with Crippen LogP contribution >= 0.6 is 0 Å². The van der Waals surface area contributed by atoms with Crippen molar-refractivity contribution in [2.24, 2.45) is 0 Å². The van der Waals surface area contributed by atoms with Crippen molar-refractivity contribution < 1.29 is 17.1 Å². The molecule has 14 aliphatic rings. The van der Waals surface area contributed by atoms with Crippen molar-refractivity contribution in [1.29, 1.82) is 0 Å². The van der Waals surface area contributed by atoms with Gasteiger partial charge in [-0.15, -0.1) is 0 Å². The van der Waals surface area contributed by atoms with Crippen LogP contribution in [0.5, 0.6) is 0 Å². The van der Waals surface area contributed by atoms with Crippen molar-refractivity contribution in [1.82, 2.24) is 39.9 Å². The number of fused-ring (bicyclic) bond motifs is 20. The Morgan fingerprint density at radius 1 is 0.175 bits per heavy atom. The van der Waals surface area contributed by atoms with Gasteiger partial charge in [0.05, 0.1) is 23.3 Å². The minimum atomic E-state index is 0. The third-order valence-electron chi connectivity index (χ3n) is 23.9. The summed E-state index contributed by atoms with van der Waals surface area (Å²) in [7, 11) is 0. The van der Waals surface area contributed by atoms with E-state index in [0.717, 1.165) is 43.8 Å². The van der Waals surface area contributed by atoms with Gasteiger partial charge < -0.3 is 29.9 Å². The van der Waals surface area contributed by atoms with E-state index in [1.165, 1.54) is 134 Å². The molecule has 0 fully saturated rings. The van der Waals surface area contributed by atoms with Gasteiger partial charge in [0, 0.05) is 92.2 Å². The summed E-state index contributed by atoms with van der Waals surface area (Å²) in [5.74, 6) is 2.52. The fraction of sp³-hybridized carbons (Fsp3) is 0.0909. The molecule has 16 bridgehead atoms. The molecule has 12 aromatic carbocycles. The summed E-state index contributed by atoms with van der Waals surface area (Å²) < 4.78 is 0. The maximum atomic E-state index is 5.80. The van der Waals surface area contributed by atoms with Crippen LogP contribution in [0.15, 0.2) is 243 Å². The van der Waals surface area contributed by atoms with Gasteiger partial charge in [0.2, 0.25) is 0 Å². The van der Waals surface area contributed by atoms with Crippen LogP contribution in [0.3, 0.4) is 0 Å². The molecule has 0 saturated heterocycles. The molecule has 1 radical (unpaired) electrons. The van der Waals surface area contributed by atoms with Crippen LogP contribution in [-0.2, 0) is 17.1 Å². The van der Waals surface area contributed by atoms with E-state index in [4.69, 9.17) is 39.9 Å². The molecule has 0 unspecified atom stereocenters. The Morgan fingerprint density at radius 3 is 0.474 bits per heavy atom. The molecule has 2 aliphatic heterocycles. The molecule has 8 nitrogen and oxygen atoms in total. The summed E-state index contributed by atoms with van der Waals surface area (Å²) in [5.41, 5.74) is 37.8. The molecule has 29 rings (SSSR count). The van der Waals surface area contributed by atoms with Gasteiger partial charge in [-0.1, -0.05) is 194 Å². The zero-order valence-electron chi connectivity index (χ0n) is 51.6. The molecule has 0 spiro atoms. The van der Waals surface area contributed by atoms with Crippen molar-refractivity contribution in [2.75, 3.05) is 0 Å². The normalized spacial score (nSPS) is 20.3. The maximum Gasteiger partial charge on any atom is 2.00 e. The first-order valence-corrected chi connectivity index (χ1v) is 33.7. The molecule has 5 heterocycles. The fourth-order valence-electron chi connectivity index (χ4n) is 20.3. The van der Waals surface area contributed by atoms with E-state index in [2.05, 4.69) is 243 Å². The summed E-state index contributed by atoms with van der Waals surface area (Å²) >= 11 is 0. The molecule has 0 saturated carbocycles. The van der Waals surface area contributed by atoms with Crippen LogP contribution in [0.2, 0.25) is 0 Å². The van der Waals surface area contributed by atoms with E-state index >= 15 is 0 Å². The largest absolute Gasteiger partial charge is 2.00 e. The average molecular weight is 1280 g/mol. The first kappa shape index (κ1) is 51.9. The molecule has 3 aromatic heterocycles. The number of benzene rings is 12. The van der Waals surface area contributed by atoms with Gasteiger partial charge in [-0.3, -0.25) is 0 Å². The van der Waals surface area contributed by atoms with Crippen molar-refractivity contribution >= 4 is 44.1 Å². The first-order chi connectivity index (χ1) is 47.6. The Bertz CT molecular complexity index is 5500. The minimum Gasteiger partial charge on any atom is -0.357 e. The van der Waals surface area contributed by atoms with Gasteiger partial charge in [-0.2, -0.15) is 0 Å². The summed E-state index contributed by atoms with van der Waals surface area (Å²) in [6.07, 6.45) is 0. The van der Waals surface area contributed by atoms with Crippen molar-refractivity contribution in [3.63, 3.8) is 0 Å². The molecule has 451 valence electrons. The summed E-state index contributed by atoms with van der Waals surface area (Å²) in [4.78, 5) is 45.9. The van der Waals surface area contributed by atoms with Gasteiger partial charge in [-0.25, -0.2) is 9.97 Å². The summed E-state index contributed by atoms with van der Waals surface area (Å²) in [6.45, 7) is 0. The van der Waals surface area contributed by atoms with Crippen LogP contribution < -0.4 is 9.97 Å². The zero-order valence-corrected chi connectivity index (χ0v) is 52.5. The molecule has 0 N–H and O–H groups in total. The van der Waals surface area contributed by atoms with Crippen LogP contribution in [-0.4, -0.2) is 29.9 Å². The smallest absolute Gasteiger partial charge is 0.357 e. The SMILES string of the molecule is [Cu+2].c1ccc2c(c1)C1c3ccccc3C2c2cc3c(cc21)-c1nc-3nc2[n-]c(nc3nc(nc4[n-]c(n1)c1cc5c(cc41)C1c4ccccc4C5c4ccccc41)-c1cc4c(cc1-3)C1c3ccccc3C4c3ccccc31)c1cc3c(cc21)C1c2ccccc2C3c2ccccc21. The number of rotatable bonds is 0. The number of nitrogens with zero attached hydrogens (tertiary/aromatic N) is 8. The van der Waals surface area contributed by atoms with Gasteiger partial charge in [0.15, 0.2) is 0 Å². The predicted octanol–water partition coefficient (Wildman–Crippen LogP) is 18.1. The van der Waals surface area contributed by atoms with Crippen LogP contribution in [0.4, 0.5) is 0 Å². The Balaban J connectivity index is 0.00000576. The number of hydrogen-bond donors (Lipinski definition) is 0. The quantitative estimate of drug-likeness (QED) is 0.138. The van der Waals surface area contributed by atoms with E-state index in [1.54, 1.807) is 0 Å². The molecule has 97 heavy (non-hydrogen) atoms. The second-order valence-electron chi connectivity index (χ2n) is 28.1. The van der Waals surface area contributed by atoms with Crippen molar-refractivity contribution in [2.45, 2.75) is 47.3 Å². The van der Waals surface area contributed by atoms with Crippen LogP contribution in [0.1, 0.15) is 181 Å². The van der Waals surface area contributed by atoms with Crippen LogP contribution in [0.25, 0.3) is 89.7 Å². The second-order valence-corrected chi connectivity index (χ2v) is 28.1. The molecule has 0 atom stereocenters. The molecule has 15 aromatic rings. The van der Waals surface area contributed by atoms with Gasteiger partial charge in [0.1, 0.15) is 0 Å². The van der Waals surface area contributed by atoms with Gasteiger partial charge in [0.25, 0.3) is 0 Å². The summed E-state index contributed by atoms with van der Waals surface area (Å²) in [6, 6.07) is 91.4. The number of hydrogen-bond acceptors (Lipinski definition) is 6. The maximum absolute atomic E-state index is 5.80. The zero-order chi connectivity index (χ0) is 61.7. The van der Waals surface area contributed by atoms with Crippen molar-refractivity contribution in [3.8, 4) is 45.6 Å². The third-order valence-corrected chi connectivity index (χ3v) is 23.9. The van der Waals surface area contributed by atoms with Crippen LogP contribution in [0, 0.1) is 0 Å². The minimum absolute atomic E-state index is 0. The predicted molar refractivity (Wildman–Crippen MR) is 373 cm³/mol.